The van der Waals surface area contributed by atoms with Crippen molar-refractivity contribution in [2.45, 2.75) is 43.7 Å². The van der Waals surface area contributed by atoms with E-state index in [1.165, 1.54) is 0 Å². The molecule has 24 heavy (non-hydrogen) atoms. The fourth-order valence-electron chi connectivity index (χ4n) is 3.04. The van der Waals surface area contributed by atoms with Gasteiger partial charge in [0, 0.05) is 6.61 Å². The molecule has 130 valence electrons. The van der Waals surface area contributed by atoms with Gasteiger partial charge in [-0.15, -0.1) is 12.4 Å². The van der Waals surface area contributed by atoms with Gasteiger partial charge in [-0.2, -0.15) is 4.98 Å². The lowest BCUT2D eigenvalue weighted by molar-refractivity contribution is 0.0681. The van der Waals surface area contributed by atoms with Crippen molar-refractivity contribution in [3.63, 3.8) is 0 Å². The van der Waals surface area contributed by atoms with Gasteiger partial charge < -0.3 is 19.7 Å². The number of para-hydroxylation sites is 1. The third-order valence-electron chi connectivity index (χ3n) is 4.68. The zero-order valence-corrected chi connectivity index (χ0v) is 14.3. The van der Waals surface area contributed by atoms with Crippen molar-refractivity contribution in [2.24, 2.45) is 5.73 Å². The first-order chi connectivity index (χ1) is 11.2. The van der Waals surface area contributed by atoms with Crippen LogP contribution < -0.4 is 10.5 Å². The van der Waals surface area contributed by atoms with Gasteiger partial charge in [-0.1, -0.05) is 17.3 Å². The van der Waals surface area contributed by atoms with Crippen LogP contribution in [0.15, 0.2) is 28.8 Å². The number of hydrogen-bond donors (Lipinski definition) is 1. The maximum atomic E-state index is 6.26. The van der Waals surface area contributed by atoms with Crippen molar-refractivity contribution >= 4 is 12.4 Å². The number of halogens is 1. The molecular weight excluding hydrogens is 330 g/mol. The number of hydrogen-bond acceptors (Lipinski definition) is 6. The summed E-state index contributed by atoms with van der Waals surface area (Å²) in [5, 5.41) is 4.07. The summed E-state index contributed by atoms with van der Waals surface area (Å²) in [6.07, 6.45) is 5.24. The van der Waals surface area contributed by atoms with E-state index in [9.17, 15) is 0 Å². The predicted octanol–water partition coefficient (Wildman–Crippen LogP) is 3.05. The summed E-state index contributed by atoms with van der Waals surface area (Å²) < 4.78 is 17.0. The van der Waals surface area contributed by atoms with Crippen LogP contribution in [0.25, 0.3) is 11.5 Å². The van der Waals surface area contributed by atoms with Crippen LogP contribution >= 0.6 is 12.4 Å². The van der Waals surface area contributed by atoms with E-state index in [0.29, 0.717) is 18.3 Å². The van der Waals surface area contributed by atoms with E-state index in [-0.39, 0.29) is 18.5 Å². The van der Waals surface area contributed by atoms with Crippen molar-refractivity contribution in [3.8, 4) is 17.2 Å². The summed E-state index contributed by atoms with van der Waals surface area (Å²) in [5.74, 6) is 1.78. The van der Waals surface area contributed by atoms with Crippen LogP contribution in [0.3, 0.4) is 0 Å². The van der Waals surface area contributed by atoms with Crippen LogP contribution in [0.5, 0.6) is 5.75 Å². The monoisotopic (exact) mass is 351 g/mol. The van der Waals surface area contributed by atoms with Gasteiger partial charge in [0.2, 0.25) is 0 Å². The number of nitrogens with two attached hydrogens (primary N) is 1. The molecule has 0 amide bonds. The molecule has 1 atom stereocenters. The molecule has 1 aliphatic heterocycles. The lowest BCUT2D eigenvalue weighted by Crippen LogP contribution is -2.44. The number of benzene rings is 1. The molecule has 2 heterocycles. The van der Waals surface area contributed by atoms with Crippen LogP contribution in [0.2, 0.25) is 0 Å². The lowest BCUT2D eigenvalue weighted by Gasteiger charge is -2.34. The Labute approximate surface area is 147 Å². The largest absolute Gasteiger partial charge is 0.490 e. The first kappa shape index (κ1) is 17.2. The molecule has 0 radical (unpaired) electrons. The van der Waals surface area contributed by atoms with E-state index in [4.69, 9.17) is 19.7 Å². The first-order valence-electron chi connectivity index (χ1n) is 8.21. The SMILES string of the molecule is Cl.NC1(c2noc(-c3ccccc3OCC3CCCO3)n2)CCC1. The molecule has 2 aromatic rings. The Morgan fingerprint density at radius 1 is 1.25 bits per heavy atom. The summed E-state index contributed by atoms with van der Waals surface area (Å²) in [4.78, 5) is 4.50. The van der Waals surface area contributed by atoms with Gasteiger partial charge >= 0.3 is 0 Å². The molecular formula is C17H22ClN3O3. The van der Waals surface area contributed by atoms with Gasteiger partial charge in [-0.3, -0.25) is 0 Å². The van der Waals surface area contributed by atoms with Gasteiger partial charge in [0.25, 0.3) is 5.89 Å². The molecule has 7 heteroatoms. The Hall–Kier alpha value is -1.63. The topological polar surface area (TPSA) is 83.4 Å². The Morgan fingerprint density at radius 3 is 2.79 bits per heavy atom. The highest BCUT2D eigenvalue weighted by Crippen LogP contribution is 2.38. The van der Waals surface area contributed by atoms with E-state index < -0.39 is 5.54 Å². The van der Waals surface area contributed by atoms with Gasteiger partial charge in [-0.25, -0.2) is 0 Å². The van der Waals surface area contributed by atoms with E-state index >= 15 is 0 Å². The standard InChI is InChI=1S/C17H21N3O3.ClH/c18-17(8-4-9-17)16-19-15(23-20-16)13-6-1-2-7-14(13)22-11-12-5-3-10-21-12;/h1-2,6-7,12H,3-5,8-11,18H2;1H. The summed E-state index contributed by atoms with van der Waals surface area (Å²) >= 11 is 0. The average molecular weight is 352 g/mol. The minimum absolute atomic E-state index is 0. The Morgan fingerprint density at radius 2 is 2.08 bits per heavy atom. The minimum Gasteiger partial charge on any atom is -0.490 e. The third-order valence-corrected chi connectivity index (χ3v) is 4.68. The van der Waals surface area contributed by atoms with Gasteiger partial charge in [0.15, 0.2) is 5.82 Å². The van der Waals surface area contributed by atoms with Crippen molar-refractivity contribution < 1.29 is 14.0 Å². The highest BCUT2D eigenvalue weighted by Gasteiger charge is 2.39. The van der Waals surface area contributed by atoms with Crippen molar-refractivity contribution in [3.05, 3.63) is 30.1 Å². The molecule has 6 nitrogen and oxygen atoms in total. The second-order valence-electron chi connectivity index (χ2n) is 6.38. The molecule has 1 saturated heterocycles. The fourth-order valence-corrected chi connectivity index (χ4v) is 3.04. The molecule has 0 spiro atoms. The Kier molecular flexibility index (Phi) is 5.08. The van der Waals surface area contributed by atoms with Crippen LogP contribution in [-0.4, -0.2) is 29.5 Å². The quantitative estimate of drug-likeness (QED) is 0.891. The highest BCUT2D eigenvalue weighted by atomic mass is 35.5. The molecule has 0 bridgehead atoms. The van der Waals surface area contributed by atoms with Crippen LogP contribution in [0, 0.1) is 0 Å². The number of ether oxygens (including phenoxy) is 2. The molecule has 1 aromatic heterocycles. The second kappa shape index (κ2) is 7.09. The molecule has 2 N–H and O–H groups in total. The summed E-state index contributed by atoms with van der Waals surface area (Å²) in [7, 11) is 0. The van der Waals surface area contributed by atoms with Crippen molar-refractivity contribution in [2.75, 3.05) is 13.2 Å². The molecule has 1 aliphatic carbocycles. The maximum Gasteiger partial charge on any atom is 0.261 e. The zero-order chi connectivity index (χ0) is 15.7. The van der Waals surface area contributed by atoms with Crippen molar-refractivity contribution in [1.82, 2.24) is 10.1 Å². The van der Waals surface area contributed by atoms with Crippen molar-refractivity contribution in [1.29, 1.82) is 0 Å². The predicted molar refractivity (Wildman–Crippen MR) is 91.2 cm³/mol. The minimum atomic E-state index is -0.421. The Balaban J connectivity index is 0.00000169. The molecule has 1 aromatic carbocycles. The summed E-state index contributed by atoms with van der Waals surface area (Å²) in [6.45, 7) is 1.36. The summed E-state index contributed by atoms with van der Waals surface area (Å²) in [5.41, 5.74) is 6.64. The zero-order valence-electron chi connectivity index (χ0n) is 13.4. The highest BCUT2D eigenvalue weighted by molar-refractivity contribution is 5.85. The van der Waals surface area contributed by atoms with E-state index in [2.05, 4.69) is 10.1 Å². The molecule has 2 aliphatic rings. The average Bonchev–Trinajstić information content (AvgIpc) is 3.22. The van der Waals surface area contributed by atoms with E-state index in [1.54, 1.807) is 0 Å². The van der Waals surface area contributed by atoms with Gasteiger partial charge in [-0.05, 0) is 44.2 Å². The Bertz CT molecular complexity index is 681. The fraction of sp³-hybridized carbons (Fsp3) is 0.529. The van der Waals surface area contributed by atoms with E-state index in [1.807, 2.05) is 24.3 Å². The normalized spacial score (nSPS) is 21.8. The second-order valence-corrected chi connectivity index (χ2v) is 6.38. The lowest BCUT2D eigenvalue weighted by atomic mass is 9.77. The van der Waals surface area contributed by atoms with E-state index in [0.717, 1.165) is 50.0 Å². The smallest absolute Gasteiger partial charge is 0.261 e. The molecule has 1 unspecified atom stereocenters. The third kappa shape index (κ3) is 3.27. The maximum absolute atomic E-state index is 6.26. The molecule has 4 rings (SSSR count). The van der Waals surface area contributed by atoms with Crippen LogP contribution in [0.4, 0.5) is 0 Å². The van der Waals surface area contributed by atoms with Crippen LogP contribution in [0.1, 0.15) is 37.9 Å². The number of aromatic nitrogens is 2. The van der Waals surface area contributed by atoms with Gasteiger partial charge in [0.05, 0.1) is 17.2 Å². The van der Waals surface area contributed by atoms with Gasteiger partial charge in [0.1, 0.15) is 12.4 Å². The van der Waals surface area contributed by atoms with Crippen LogP contribution in [-0.2, 0) is 10.3 Å². The molecule has 1 saturated carbocycles. The summed E-state index contributed by atoms with van der Waals surface area (Å²) in [6, 6.07) is 7.70. The number of rotatable bonds is 5. The molecule has 2 fully saturated rings. The number of nitrogens with zero attached hydrogens (tertiary/aromatic N) is 2. The first-order valence-corrected chi connectivity index (χ1v) is 8.21.